The Labute approximate surface area is 106 Å². The zero-order valence-electron chi connectivity index (χ0n) is 11.3. The number of nitrogens with zero attached hydrogens (tertiary/aromatic N) is 1. The molecule has 2 aliphatic rings. The van der Waals surface area contributed by atoms with Crippen molar-refractivity contribution in [2.45, 2.75) is 63.6 Å². The Morgan fingerprint density at radius 3 is 2.71 bits per heavy atom. The minimum Gasteiger partial charge on any atom is -0.370 e. The summed E-state index contributed by atoms with van der Waals surface area (Å²) in [4.78, 5) is 2.49. The lowest BCUT2D eigenvalue weighted by molar-refractivity contribution is -0.0468. The van der Waals surface area contributed by atoms with Gasteiger partial charge in [0.05, 0.1) is 11.7 Å². The molecule has 1 heterocycles. The SMILES string of the molecule is CCN(CCCN)CC1CCC2(CCCC2)O1. The van der Waals surface area contributed by atoms with Gasteiger partial charge >= 0.3 is 0 Å². The molecule has 0 amide bonds. The van der Waals surface area contributed by atoms with Gasteiger partial charge in [-0.2, -0.15) is 0 Å². The van der Waals surface area contributed by atoms with Crippen LogP contribution in [0.15, 0.2) is 0 Å². The number of hydrogen-bond donors (Lipinski definition) is 1. The lowest BCUT2D eigenvalue weighted by atomic mass is 9.98. The van der Waals surface area contributed by atoms with E-state index in [0.717, 1.165) is 32.6 Å². The van der Waals surface area contributed by atoms with Gasteiger partial charge in [0.15, 0.2) is 0 Å². The van der Waals surface area contributed by atoms with Gasteiger partial charge in [0, 0.05) is 6.54 Å². The van der Waals surface area contributed by atoms with Crippen molar-refractivity contribution in [3.63, 3.8) is 0 Å². The quantitative estimate of drug-likeness (QED) is 0.773. The predicted octanol–water partition coefficient (Wildman–Crippen LogP) is 2.15. The molecule has 1 atom stereocenters. The van der Waals surface area contributed by atoms with Crippen molar-refractivity contribution in [1.29, 1.82) is 0 Å². The van der Waals surface area contributed by atoms with Crippen LogP contribution in [0.5, 0.6) is 0 Å². The Hall–Kier alpha value is -0.120. The molecule has 1 unspecified atom stereocenters. The van der Waals surface area contributed by atoms with E-state index in [1.54, 1.807) is 0 Å². The van der Waals surface area contributed by atoms with Gasteiger partial charge in [-0.3, -0.25) is 0 Å². The smallest absolute Gasteiger partial charge is 0.0710 e. The number of ether oxygens (including phenoxy) is 1. The zero-order chi connectivity index (χ0) is 12.1. The highest BCUT2D eigenvalue weighted by Gasteiger charge is 2.42. The van der Waals surface area contributed by atoms with Crippen LogP contribution in [0, 0.1) is 0 Å². The summed E-state index contributed by atoms with van der Waals surface area (Å²) in [6, 6.07) is 0. The van der Waals surface area contributed by atoms with Crippen molar-refractivity contribution in [3.8, 4) is 0 Å². The van der Waals surface area contributed by atoms with Crippen LogP contribution in [0.25, 0.3) is 0 Å². The van der Waals surface area contributed by atoms with Crippen molar-refractivity contribution in [3.05, 3.63) is 0 Å². The van der Waals surface area contributed by atoms with Gasteiger partial charge in [0.2, 0.25) is 0 Å². The van der Waals surface area contributed by atoms with Crippen LogP contribution in [0.4, 0.5) is 0 Å². The molecular weight excluding hydrogens is 212 g/mol. The van der Waals surface area contributed by atoms with Gasteiger partial charge in [-0.1, -0.05) is 19.8 Å². The van der Waals surface area contributed by atoms with Gasteiger partial charge in [0.1, 0.15) is 0 Å². The molecule has 1 spiro atoms. The molecule has 2 N–H and O–H groups in total. The molecule has 0 aromatic rings. The molecule has 3 nitrogen and oxygen atoms in total. The van der Waals surface area contributed by atoms with E-state index < -0.39 is 0 Å². The molecule has 1 saturated carbocycles. The molecule has 1 aliphatic heterocycles. The van der Waals surface area contributed by atoms with E-state index in [1.807, 2.05) is 0 Å². The Balaban J connectivity index is 1.75. The summed E-state index contributed by atoms with van der Waals surface area (Å²) in [5.41, 5.74) is 5.87. The third-order valence-corrected chi connectivity index (χ3v) is 4.44. The fraction of sp³-hybridized carbons (Fsp3) is 1.00. The first-order valence-electron chi connectivity index (χ1n) is 7.38. The highest BCUT2D eigenvalue weighted by molar-refractivity contribution is 4.93. The third-order valence-electron chi connectivity index (χ3n) is 4.44. The molecule has 3 heteroatoms. The second kappa shape index (κ2) is 6.17. The number of hydrogen-bond acceptors (Lipinski definition) is 3. The fourth-order valence-corrected chi connectivity index (χ4v) is 3.39. The maximum absolute atomic E-state index is 6.35. The maximum Gasteiger partial charge on any atom is 0.0710 e. The summed E-state index contributed by atoms with van der Waals surface area (Å²) in [7, 11) is 0. The topological polar surface area (TPSA) is 38.5 Å². The molecule has 1 aliphatic carbocycles. The van der Waals surface area contributed by atoms with Gasteiger partial charge in [0.25, 0.3) is 0 Å². The number of likely N-dealkylation sites (N-methyl/N-ethyl adjacent to an activating group) is 1. The van der Waals surface area contributed by atoms with E-state index in [4.69, 9.17) is 10.5 Å². The Morgan fingerprint density at radius 1 is 1.29 bits per heavy atom. The van der Waals surface area contributed by atoms with Crippen LogP contribution in [-0.4, -0.2) is 42.8 Å². The molecule has 0 aromatic carbocycles. The maximum atomic E-state index is 6.35. The van der Waals surface area contributed by atoms with E-state index in [1.165, 1.54) is 38.5 Å². The van der Waals surface area contributed by atoms with E-state index in [9.17, 15) is 0 Å². The second-order valence-corrected chi connectivity index (χ2v) is 5.70. The third kappa shape index (κ3) is 3.43. The lowest BCUT2D eigenvalue weighted by Crippen LogP contribution is -2.35. The minimum absolute atomic E-state index is 0.290. The lowest BCUT2D eigenvalue weighted by Gasteiger charge is -2.27. The van der Waals surface area contributed by atoms with Gasteiger partial charge in [-0.25, -0.2) is 0 Å². The summed E-state index contributed by atoms with van der Waals surface area (Å²) >= 11 is 0. The molecular formula is C14H28N2O. The first-order valence-corrected chi connectivity index (χ1v) is 7.38. The Bertz CT molecular complexity index is 226. The molecule has 1 saturated heterocycles. The fourth-order valence-electron chi connectivity index (χ4n) is 3.39. The summed E-state index contributed by atoms with van der Waals surface area (Å²) in [6.45, 7) is 6.38. The van der Waals surface area contributed by atoms with E-state index in [-0.39, 0.29) is 5.60 Å². The molecule has 0 aromatic heterocycles. The Kier molecular flexibility index (Phi) is 4.83. The molecule has 2 fully saturated rings. The van der Waals surface area contributed by atoms with Crippen LogP contribution >= 0.6 is 0 Å². The summed E-state index contributed by atoms with van der Waals surface area (Å²) < 4.78 is 6.35. The first kappa shape index (κ1) is 13.3. The minimum atomic E-state index is 0.290. The van der Waals surface area contributed by atoms with E-state index in [2.05, 4.69) is 11.8 Å². The van der Waals surface area contributed by atoms with Crippen molar-refractivity contribution in [2.75, 3.05) is 26.2 Å². The van der Waals surface area contributed by atoms with Gasteiger partial charge in [-0.05, 0) is 51.7 Å². The highest BCUT2D eigenvalue weighted by Crippen LogP contribution is 2.43. The number of nitrogens with two attached hydrogens (primary N) is 1. The van der Waals surface area contributed by atoms with Crippen LogP contribution in [0.2, 0.25) is 0 Å². The summed E-state index contributed by atoms with van der Waals surface area (Å²) in [6.07, 6.45) is 9.49. The van der Waals surface area contributed by atoms with Crippen LogP contribution in [0.3, 0.4) is 0 Å². The molecule has 0 bridgehead atoms. The van der Waals surface area contributed by atoms with Gasteiger partial charge in [-0.15, -0.1) is 0 Å². The average molecular weight is 240 g/mol. The molecule has 100 valence electrons. The first-order chi connectivity index (χ1) is 8.28. The van der Waals surface area contributed by atoms with Crippen LogP contribution < -0.4 is 5.73 Å². The van der Waals surface area contributed by atoms with Crippen molar-refractivity contribution >= 4 is 0 Å². The van der Waals surface area contributed by atoms with Crippen molar-refractivity contribution in [2.24, 2.45) is 5.73 Å². The summed E-state index contributed by atoms with van der Waals surface area (Å²) in [5.74, 6) is 0. The van der Waals surface area contributed by atoms with Crippen LogP contribution in [-0.2, 0) is 4.74 Å². The highest BCUT2D eigenvalue weighted by atomic mass is 16.5. The number of rotatable bonds is 6. The molecule has 0 radical (unpaired) electrons. The van der Waals surface area contributed by atoms with E-state index in [0.29, 0.717) is 6.10 Å². The molecule has 2 rings (SSSR count). The Morgan fingerprint density at radius 2 is 2.06 bits per heavy atom. The van der Waals surface area contributed by atoms with Gasteiger partial charge < -0.3 is 15.4 Å². The van der Waals surface area contributed by atoms with Crippen molar-refractivity contribution in [1.82, 2.24) is 4.90 Å². The standard InChI is InChI=1S/C14H28N2O/c1-2-16(11-5-10-15)12-13-6-9-14(17-13)7-3-4-8-14/h13H,2-12,15H2,1H3. The zero-order valence-corrected chi connectivity index (χ0v) is 11.3. The second-order valence-electron chi connectivity index (χ2n) is 5.70. The van der Waals surface area contributed by atoms with Crippen molar-refractivity contribution < 1.29 is 4.74 Å². The van der Waals surface area contributed by atoms with Crippen LogP contribution in [0.1, 0.15) is 51.9 Å². The summed E-state index contributed by atoms with van der Waals surface area (Å²) in [5, 5.41) is 0. The largest absolute Gasteiger partial charge is 0.370 e. The normalized spacial score (nSPS) is 27.4. The molecule has 17 heavy (non-hydrogen) atoms. The monoisotopic (exact) mass is 240 g/mol. The predicted molar refractivity (Wildman–Crippen MR) is 71.1 cm³/mol. The average Bonchev–Trinajstić information content (AvgIpc) is 2.96. The van der Waals surface area contributed by atoms with E-state index >= 15 is 0 Å².